The molecule has 1 saturated carbocycles. The average molecular weight is 446 g/mol. The smallest absolute Gasteiger partial charge is 0.227 e. The lowest BCUT2D eigenvalue weighted by molar-refractivity contribution is -0.129. The van der Waals surface area contributed by atoms with Crippen molar-refractivity contribution in [1.29, 1.82) is 0 Å². The number of aliphatic hydroxyl groups excluding tert-OH is 1. The molecule has 10 nitrogen and oxygen atoms in total. The number of ether oxygens (including phenoxy) is 1. The molecule has 4 heterocycles. The van der Waals surface area contributed by atoms with E-state index in [9.17, 15) is 9.90 Å². The zero-order valence-corrected chi connectivity index (χ0v) is 17.9. The molecule has 0 bridgehead atoms. The maximum absolute atomic E-state index is 11.7. The Bertz CT molecular complexity index is 1360. The third-order valence-electron chi connectivity index (χ3n) is 6.08. The van der Waals surface area contributed by atoms with E-state index in [0.29, 0.717) is 36.5 Å². The van der Waals surface area contributed by atoms with Crippen molar-refractivity contribution < 1.29 is 19.2 Å². The SMILES string of the molecule is CC(=O)N1Cc2ncnc(Oc3ccc4c(ccn4C(O)Nc4cc(C5CC5)on4)c3)c2C1. The molecule has 33 heavy (non-hydrogen) atoms. The molecule has 2 aliphatic rings. The number of amides is 1. The van der Waals surface area contributed by atoms with E-state index in [1.54, 1.807) is 15.7 Å². The van der Waals surface area contributed by atoms with Crippen LogP contribution in [0.1, 0.15) is 49.1 Å². The Labute approximate surface area is 188 Å². The van der Waals surface area contributed by atoms with E-state index in [-0.39, 0.29) is 5.91 Å². The number of fused-ring (bicyclic) bond motifs is 2. The fourth-order valence-electron chi connectivity index (χ4n) is 4.11. The molecule has 1 aliphatic carbocycles. The molecular weight excluding hydrogens is 424 g/mol. The molecule has 1 fully saturated rings. The first-order valence-electron chi connectivity index (χ1n) is 10.8. The predicted octanol–water partition coefficient (Wildman–Crippen LogP) is 3.51. The van der Waals surface area contributed by atoms with Crippen molar-refractivity contribution in [3.05, 3.63) is 59.9 Å². The minimum Gasteiger partial charge on any atom is -0.439 e. The molecule has 1 atom stereocenters. The van der Waals surface area contributed by atoms with Gasteiger partial charge >= 0.3 is 0 Å². The summed E-state index contributed by atoms with van der Waals surface area (Å²) in [4.78, 5) is 22.0. The molecule has 6 rings (SSSR count). The van der Waals surface area contributed by atoms with Crippen molar-refractivity contribution in [2.75, 3.05) is 5.32 Å². The van der Waals surface area contributed by atoms with Crippen LogP contribution in [0.3, 0.4) is 0 Å². The summed E-state index contributed by atoms with van der Waals surface area (Å²) >= 11 is 0. The summed E-state index contributed by atoms with van der Waals surface area (Å²) in [6.07, 6.45) is 4.48. The van der Waals surface area contributed by atoms with Gasteiger partial charge in [0.15, 0.2) is 5.82 Å². The van der Waals surface area contributed by atoms with Gasteiger partial charge in [0.05, 0.1) is 29.9 Å². The number of rotatable bonds is 6. The van der Waals surface area contributed by atoms with Crippen molar-refractivity contribution >= 4 is 22.6 Å². The molecule has 0 radical (unpaired) electrons. The van der Waals surface area contributed by atoms with Crippen molar-refractivity contribution in [2.24, 2.45) is 0 Å². The highest BCUT2D eigenvalue weighted by atomic mass is 16.5. The Kier molecular flexibility index (Phi) is 4.54. The van der Waals surface area contributed by atoms with Crippen LogP contribution in [0, 0.1) is 0 Å². The molecule has 0 saturated heterocycles. The highest BCUT2D eigenvalue weighted by Gasteiger charge is 2.28. The second-order valence-corrected chi connectivity index (χ2v) is 8.43. The molecule has 1 unspecified atom stereocenters. The Hall–Kier alpha value is -3.92. The maximum atomic E-state index is 11.7. The van der Waals surface area contributed by atoms with Gasteiger partial charge in [0.25, 0.3) is 0 Å². The summed E-state index contributed by atoms with van der Waals surface area (Å²) in [6, 6.07) is 9.31. The van der Waals surface area contributed by atoms with Gasteiger partial charge in [-0.1, -0.05) is 5.16 Å². The molecule has 2 N–H and O–H groups in total. The first-order chi connectivity index (χ1) is 16.0. The van der Waals surface area contributed by atoms with E-state index in [2.05, 4.69) is 20.4 Å². The molecule has 3 aromatic heterocycles. The Morgan fingerprint density at radius 2 is 2.12 bits per heavy atom. The monoisotopic (exact) mass is 446 g/mol. The second kappa shape index (κ2) is 7.59. The Morgan fingerprint density at radius 3 is 2.94 bits per heavy atom. The normalized spacial score (nSPS) is 16.1. The number of hydrogen-bond acceptors (Lipinski definition) is 8. The molecule has 0 spiro atoms. The minimum absolute atomic E-state index is 0.0109. The van der Waals surface area contributed by atoms with Crippen LogP contribution in [0.15, 0.2) is 47.4 Å². The third-order valence-corrected chi connectivity index (χ3v) is 6.08. The third kappa shape index (κ3) is 3.68. The number of benzene rings is 1. The zero-order chi connectivity index (χ0) is 22.5. The zero-order valence-electron chi connectivity index (χ0n) is 17.9. The fourth-order valence-corrected chi connectivity index (χ4v) is 4.11. The first-order valence-corrected chi connectivity index (χ1v) is 10.8. The summed E-state index contributed by atoms with van der Waals surface area (Å²) in [5.41, 5.74) is 2.45. The molecule has 4 aromatic rings. The molecule has 1 amide bonds. The first kappa shape index (κ1) is 19.7. The van der Waals surface area contributed by atoms with E-state index >= 15 is 0 Å². The summed E-state index contributed by atoms with van der Waals surface area (Å²) in [7, 11) is 0. The highest BCUT2D eigenvalue weighted by Crippen LogP contribution is 2.41. The number of anilines is 1. The summed E-state index contributed by atoms with van der Waals surface area (Å²) in [5.74, 6) is 2.85. The lowest BCUT2D eigenvalue weighted by Gasteiger charge is -2.15. The maximum Gasteiger partial charge on any atom is 0.227 e. The molecule has 168 valence electrons. The van der Waals surface area contributed by atoms with Crippen LogP contribution in [0.5, 0.6) is 11.6 Å². The number of aromatic nitrogens is 4. The van der Waals surface area contributed by atoms with Gasteiger partial charge in [-0.25, -0.2) is 9.97 Å². The van der Waals surface area contributed by atoms with E-state index in [1.807, 2.05) is 30.3 Å². The number of aliphatic hydroxyl groups is 1. The highest BCUT2D eigenvalue weighted by molar-refractivity contribution is 5.82. The van der Waals surface area contributed by atoms with Crippen LogP contribution in [0.2, 0.25) is 0 Å². The largest absolute Gasteiger partial charge is 0.439 e. The van der Waals surface area contributed by atoms with E-state index < -0.39 is 6.35 Å². The number of carbonyl (C=O) groups excluding carboxylic acids is 1. The van der Waals surface area contributed by atoms with Crippen LogP contribution >= 0.6 is 0 Å². The van der Waals surface area contributed by atoms with Crippen molar-refractivity contribution in [3.8, 4) is 11.6 Å². The lowest BCUT2D eigenvalue weighted by Crippen LogP contribution is -2.21. The molecule has 1 aromatic carbocycles. The summed E-state index contributed by atoms with van der Waals surface area (Å²) in [6.45, 7) is 2.43. The predicted molar refractivity (Wildman–Crippen MR) is 117 cm³/mol. The van der Waals surface area contributed by atoms with Gasteiger partial charge in [0.1, 0.15) is 17.8 Å². The van der Waals surface area contributed by atoms with Gasteiger partial charge in [-0.3, -0.25) is 4.79 Å². The number of nitrogens with one attached hydrogen (secondary N) is 1. The van der Waals surface area contributed by atoms with Gasteiger partial charge < -0.3 is 29.2 Å². The van der Waals surface area contributed by atoms with E-state index in [0.717, 1.165) is 40.8 Å². The lowest BCUT2D eigenvalue weighted by atomic mass is 10.2. The molecular formula is C23H22N6O4. The van der Waals surface area contributed by atoms with Crippen molar-refractivity contribution in [1.82, 2.24) is 24.6 Å². The topological polar surface area (TPSA) is 119 Å². The number of carbonyl (C=O) groups is 1. The number of hydrogen-bond donors (Lipinski definition) is 2. The van der Waals surface area contributed by atoms with Gasteiger partial charge in [0.2, 0.25) is 18.1 Å². The minimum atomic E-state index is -1.01. The van der Waals surface area contributed by atoms with Gasteiger partial charge in [-0.15, -0.1) is 0 Å². The number of nitrogens with zero attached hydrogens (tertiary/aromatic N) is 5. The standard InChI is InChI=1S/C23H22N6O4/c1-13(30)28-10-17-18(11-28)24-12-25-22(17)32-16-4-5-19-15(8-16)6-7-29(19)23(31)26-21-9-20(33-27-21)14-2-3-14/h4-9,12,14,23,31H,2-3,10-11H2,1H3,(H,26,27). The summed E-state index contributed by atoms with van der Waals surface area (Å²) in [5, 5.41) is 18.6. The van der Waals surface area contributed by atoms with Gasteiger partial charge in [-0.2, -0.15) is 0 Å². The van der Waals surface area contributed by atoms with E-state index in [1.165, 1.54) is 13.3 Å². The van der Waals surface area contributed by atoms with Gasteiger partial charge in [0, 0.05) is 30.5 Å². The van der Waals surface area contributed by atoms with Crippen molar-refractivity contribution in [2.45, 2.75) is 45.1 Å². The average Bonchev–Trinajstić information content (AvgIpc) is 3.21. The van der Waals surface area contributed by atoms with Crippen LogP contribution in [0.4, 0.5) is 5.82 Å². The second-order valence-electron chi connectivity index (χ2n) is 8.43. The van der Waals surface area contributed by atoms with Crippen LogP contribution in [0.25, 0.3) is 10.9 Å². The van der Waals surface area contributed by atoms with Crippen molar-refractivity contribution in [3.63, 3.8) is 0 Å². The molecule has 1 aliphatic heterocycles. The quantitative estimate of drug-likeness (QED) is 0.432. The fraction of sp³-hybridized carbons (Fsp3) is 0.304. The Morgan fingerprint density at radius 1 is 1.24 bits per heavy atom. The van der Waals surface area contributed by atoms with Gasteiger partial charge in [-0.05, 0) is 37.1 Å². The van der Waals surface area contributed by atoms with Crippen LogP contribution in [-0.4, -0.2) is 35.6 Å². The van der Waals surface area contributed by atoms with Crippen LogP contribution in [-0.2, 0) is 17.9 Å². The summed E-state index contributed by atoms with van der Waals surface area (Å²) < 4.78 is 13.1. The Balaban J connectivity index is 1.21. The van der Waals surface area contributed by atoms with E-state index in [4.69, 9.17) is 9.26 Å². The molecule has 10 heteroatoms. The van der Waals surface area contributed by atoms with Crippen LogP contribution < -0.4 is 10.1 Å².